The largest absolute Gasteiger partial charge is 0.481 e. The molecule has 0 saturated carbocycles. The number of hydrogen-bond donors (Lipinski definition) is 4. The Morgan fingerprint density at radius 3 is 2.61 bits per heavy atom. The summed E-state index contributed by atoms with van der Waals surface area (Å²) >= 11 is 0. The van der Waals surface area contributed by atoms with Gasteiger partial charge in [0.15, 0.2) is 0 Å². The summed E-state index contributed by atoms with van der Waals surface area (Å²) in [4.78, 5) is 22.2. The van der Waals surface area contributed by atoms with Crippen molar-refractivity contribution in [3.05, 3.63) is 29.8 Å². The molecule has 1 aromatic rings. The maximum Gasteiger partial charge on any atom is 0.315 e. The zero-order valence-corrected chi connectivity index (χ0v) is 13.8. The molecule has 0 fully saturated rings. The minimum Gasteiger partial charge on any atom is -0.481 e. The van der Waals surface area contributed by atoms with Crippen molar-refractivity contribution in [1.82, 2.24) is 15.4 Å². The van der Waals surface area contributed by atoms with Crippen LogP contribution in [0, 0.1) is 0 Å². The maximum atomic E-state index is 11.8. The Bertz CT molecular complexity index is 660. The van der Waals surface area contributed by atoms with Crippen molar-refractivity contribution in [1.29, 1.82) is 0 Å². The average Bonchev–Trinajstić information content (AvgIpc) is 2.51. The molecular weight excluding hydrogens is 322 g/mol. The van der Waals surface area contributed by atoms with Crippen molar-refractivity contribution in [3.8, 4) is 0 Å². The lowest BCUT2D eigenvalue weighted by molar-refractivity contribution is -0.137. The summed E-state index contributed by atoms with van der Waals surface area (Å²) in [5, 5.41) is 13.7. The summed E-state index contributed by atoms with van der Waals surface area (Å²) in [5.74, 6) is -0.914. The van der Waals surface area contributed by atoms with E-state index in [1.807, 2.05) is 0 Å². The first kappa shape index (κ1) is 18.9. The minimum atomic E-state index is -3.54. The maximum absolute atomic E-state index is 11.8. The van der Waals surface area contributed by atoms with Gasteiger partial charge in [-0.2, -0.15) is 0 Å². The van der Waals surface area contributed by atoms with Gasteiger partial charge < -0.3 is 15.7 Å². The molecule has 1 rings (SSSR count). The second kappa shape index (κ2) is 8.49. The molecule has 0 heterocycles. The van der Waals surface area contributed by atoms with Gasteiger partial charge in [-0.3, -0.25) is 4.79 Å². The van der Waals surface area contributed by atoms with Crippen LogP contribution in [-0.2, 0) is 14.8 Å². The molecule has 23 heavy (non-hydrogen) atoms. The van der Waals surface area contributed by atoms with E-state index in [1.165, 1.54) is 19.2 Å². The Hall–Kier alpha value is -2.13. The molecule has 0 radical (unpaired) electrons. The van der Waals surface area contributed by atoms with Gasteiger partial charge in [0.1, 0.15) is 0 Å². The molecule has 8 nitrogen and oxygen atoms in total. The standard InChI is InChI=1S/C14H21N3O5S/c1-10(17-14(20)16-8-4-7-13(18)19)11-5-3-6-12(9-11)23(21,22)15-2/h3,5-6,9-10,15H,4,7-8H2,1-2H3,(H,18,19)(H2,16,17,20). The summed E-state index contributed by atoms with van der Waals surface area (Å²) in [6, 6.07) is 5.42. The third-order valence-electron chi connectivity index (χ3n) is 3.14. The van der Waals surface area contributed by atoms with Gasteiger partial charge in [0.25, 0.3) is 0 Å². The van der Waals surface area contributed by atoms with E-state index in [1.54, 1.807) is 19.1 Å². The van der Waals surface area contributed by atoms with Crippen LogP contribution in [0.2, 0.25) is 0 Å². The minimum absolute atomic E-state index is 0.0141. The lowest BCUT2D eigenvalue weighted by atomic mass is 10.1. The number of amides is 2. The van der Waals surface area contributed by atoms with Crippen LogP contribution in [0.15, 0.2) is 29.2 Å². The Kier molecular flexibility index (Phi) is 6.98. The number of aliphatic carboxylic acids is 1. The number of rotatable bonds is 8. The number of sulfonamides is 1. The van der Waals surface area contributed by atoms with Crippen LogP contribution < -0.4 is 15.4 Å². The first-order valence-electron chi connectivity index (χ1n) is 7.06. The first-order valence-corrected chi connectivity index (χ1v) is 8.54. The van der Waals surface area contributed by atoms with E-state index < -0.39 is 28.1 Å². The highest BCUT2D eigenvalue weighted by atomic mass is 32.2. The van der Waals surface area contributed by atoms with Gasteiger partial charge in [0.2, 0.25) is 10.0 Å². The van der Waals surface area contributed by atoms with Crippen LogP contribution in [-0.4, -0.2) is 39.1 Å². The molecule has 1 aromatic carbocycles. The van der Waals surface area contributed by atoms with Crippen LogP contribution in [0.3, 0.4) is 0 Å². The molecule has 2 amide bonds. The number of hydrogen-bond acceptors (Lipinski definition) is 4. The number of carboxylic acid groups (broad SMARTS) is 1. The number of benzene rings is 1. The molecule has 1 atom stereocenters. The first-order chi connectivity index (χ1) is 10.8. The summed E-state index contributed by atoms with van der Waals surface area (Å²) in [6.07, 6.45) is 0.326. The predicted octanol–water partition coefficient (Wildman–Crippen LogP) is 0.820. The Morgan fingerprint density at radius 2 is 2.00 bits per heavy atom. The molecule has 0 spiro atoms. The molecular formula is C14H21N3O5S. The smallest absolute Gasteiger partial charge is 0.315 e. The summed E-state index contributed by atoms with van der Waals surface area (Å²) < 4.78 is 25.8. The molecule has 4 N–H and O–H groups in total. The van der Waals surface area contributed by atoms with E-state index in [-0.39, 0.29) is 17.9 Å². The van der Waals surface area contributed by atoms with Crippen molar-refractivity contribution >= 4 is 22.0 Å². The topological polar surface area (TPSA) is 125 Å². The van der Waals surface area contributed by atoms with Crippen molar-refractivity contribution in [3.63, 3.8) is 0 Å². The normalized spacial score (nSPS) is 12.4. The highest BCUT2D eigenvalue weighted by Gasteiger charge is 2.15. The number of carbonyl (C=O) groups is 2. The van der Waals surface area contributed by atoms with Crippen molar-refractivity contribution < 1.29 is 23.1 Å². The zero-order valence-electron chi connectivity index (χ0n) is 13.0. The lowest BCUT2D eigenvalue weighted by Crippen LogP contribution is -2.37. The molecule has 9 heteroatoms. The third-order valence-corrected chi connectivity index (χ3v) is 4.55. The summed E-state index contributed by atoms with van der Waals surface area (Å²) in [6.45, 7) is 1.97. The van der Waals surface area contributed by atoms with E-state index in [9.17, 15) is 18.0 Å². The molecule has 0 aromatic heterocycles. The molecule has 1 unspecified atom stereocenters. The van der Waals surface area contributed by atoms with E-state index >= 15 is 0 Å². The highest BCUT2D eigenvalue weighted by molar-refractivity contribution is 7.89. The number of urea groups is 1. The number of carbonyl (C=O) groups excluding carboxylic acids is 1. The highest BCUT2D eigenvalue weighted by Crippen LogP contribution is 2.17. The van der Waals surface area contributed by atoms with Gasteiger partial charge in [0, 0.05) is 13.0 Å². The van der Waals surface area contributed by atoms with Crippen molar-refractivity contribution in [2.45, 2.75) is 30.7 Å². The summed E-state index contributed by atoms with van der Waals surface area (Å²) in [5.41, 5.74) is 0.641. The monoisotopic (exact) mass is 343 g/mol. The number of carboxylic acids is 1. The van der Waals surface area contributed by atoms with Crippen LogP contribution in [0.4, 0.5) is 4.79 Å². The van der Waals surface area contributed by atoms with Gasteiger partial charge in [-0.15, -0.1) is 0 Å². The fraction of sp³-hybridized carbons (Fsp3) is 0.429. The van der Waals surface area contributed by atoms with Gasteiger partial charge >= 0.3 is 12.0 Å². The Balaban J connectivity index is 2.61. The predicted molar refractivity (Wildman–Crippen MR) is 84.5 cm³/mol. The van der Waals surface area contributed by atoms with E-state index in [4.69, 9.17) is 5.11 Å². The molecule has 0 bridgehead atoms. The number of nitrogens with one attached hydrogen (secondary N) is 3. The van der Waals surface area contributed by atoms with Gasteiger partial charge in [-0.1, -0.05) is 12.1 Å². The quantitative estimate of drug-likeness (QED) is 0.520. The van der Waals surface area contributed by atoms with Gasteiger partial charge in [0.05, 0.1) is 10.9 Å². The molecule has 0 saturated heterocycles. The third kappa shape index (κ3) is 6.25. The average molecular weight is 343 g/mol. The van der Waals surface area contributed by atoms with E-state index in [0.29, 0.717) is 12.0 Å². The van der Waals surface area contributed by atoms with Crippen LogP contribution in [0.5, 0.6) is 0 Å². The van der Waals surface area contributed by atoms with E-state index in [0.717, 1.165) is 0 Å². The Morgan fingerprint density at radius 1 is 1.30 bits per heavy atom. The van der Waals surface area contributed by atoms with Crippen LogP contribution in [0.25, 0.3) is 0 Å². The zero-order chi connectivity index (χ0) is 17.5. The lowest BCUT2D eigenvalue weighted by Gasteiger charge is -2.16. The molecule has 128 valence electrons. The van der Waals surface area contributed by atoms with Crippen LogP contribution >= 0.6 is 0 Å². The Labute approximate surface area is 135 Å². The molecule has 0 aliphatic carbocycles. The second-order valence-corrected chi connectivity index (χ2v) is 6.79. The fourth-order valence-electron chi connectivity index (χ4n) is 1.84. The molecule has 0 aliphatic heterocycles. The van der Waals surface area contributed by atoms with Gasteiger partial charge in [-0.25, -0.2) is 17.9 Å². The van der Waals surface area contributed by atoms with Crippen molar-refractivity contribution in [2.75, 3.05) is 13.6 Å². The van der Waals surface area contributed by atoms with Crippen molar-refractivity contribution in [2.24, 2.45) is 0 Å². The van der Waals surface area contributed by atoms with Gasteiger partial charge in [-0.05, 0) is 38.1 Å². The fourth-order valence-corrected chi connectivity index (χ4v) is 2.63. The molecule has 0 aliphatic rings. The SMILES string of the molecule is CNS(=O)(=O)c1cccc(C(C)NC(=O)NCCCC(=O)O)c1. The van der Waals surface area contributed by atoms with E-state index in [2.05, 4.69) is 15.4 Å². The summed E-state index contributed by atoms with van der Waals surface area (Å²) in [7, 11) is -2.21. The second-order valence-electron chi connectivity index (χ2n) is 4.90. The van der Waals surface area contributed by atoms with Crippen LogP contribution in [0.1, 0.15) is 31.4 Å².